The van der Waals surface area contributed by atoms with E-state index in [2.05, 4.69) is 5.10 Å². The number of aromatic nitrogens is 2. The minimum Gasteiger partial charge on any atom is -0.370 e. The molecule has 2 heterocycles. The molecular weight excluding hydrogens is 323 g/mol. The van der Waals surface area contributed by atoms with Crippen molar-refractivity contribution >= 4 is 0 Å². The lowest BCUT2D eigenvalue weighted by atomic mass is 10.1. The molecule has 8 heteroatoms. The summed E-state index contributed by atoms with van der Waals surface area (Å²) < 4.78 is 46.3. The Balaban J connectivity index is 1.92. The molecule has 1 atom stereocenters. The first-order valence-electron chi connectivity index (χ1n) is 8.14. The van der Waals surface area contributed by atoms with Crippen molar-refractivity contribution < 1.29 is 17.9 Å². The third kappa shape index (κ3) is 3.80. The predicted octanol–water partition coefficient (Wildman–Crippen LogP) is 2.60. The van der Waals surface area contributed by atoms with Crippen molar-refractivity contribution in [1.29, 1.82) is 0 Å². The molecule has 1 aromatic rings. The van der Waals surface area contributed by atoms with Gasteiger partial charge in [0.15, 0.2) is 0 Å². The van der Waals surface area contributed by atoms with Gasteiger partial charge in [-0.1, -0.05) is 0 Å². The zero-order chi connectivity index (χ0) is 17.7. The lowest BCUT2D eigenvalue weighted by molar-refractivity contribution is -0.142. The minimum atomic E-state index is -4.66. The van der Waals surface area contributed by atoms with Gasteiger partial charge in [-0.05, 0) is 39.7 Å². The van der Waals surface area contributed by atoms with Crippen LogP contribution in [0, 0.1) is 0 Å². The summed E-state index contributed by atoms with van der Waals surface area (Å²) in [5.74, 6) is 0.0398. The number of rotatable bonds is 3. The summed E-state index contributed by atoms with van der Waals surface area (Å²) in [6.45, 7) is 6.87. The second-order valence-corrected chi connectivity index (χ2v) is 7.40. The maximum atomic E-state index is 13.2. The Morgan fingerprint density at radius 3 is 2.58 bits per heavy atom. The minimum absolute atomic E-state index is 0.0398. The van der Waals surface area contributed by atoms with Crippen LogP contribution in [0.2, 0.25) is 0 Å². The molecule has 1 saturated carbocycles. The van der Waals surface area contributed by atoms with Crippen LogP contribution in [0.25, 0.3) is 0 Å². The summed E-state index contributed by atoms with van der Waals surface area (Å²) in [6.07, 6.45) is -3.07. The Kier molecular flexibility index (Phi) is 4.24. The van der Waals surface area contributed by atoms with Gasteiger partial charge in [-0.3, -0.25) is 9.69 Å². The zero-order valence-electron chi connectivity index (χ0n) is 14.1. The van der Waals surface area contributed by atoms with Crippen LogP contribution in [0.1, 0.15) is 50.8 Å². The second-order valence-electron chi connectivity index (χ2n) is 7.40. The van der Waals surface area contributed by atoms with Gasteiger partial charge in [0, 0.05) is 19.0 Å². The second kappa shape index (κ2) is 5.84. The molecule has 0 aromatic carbocycles. The Bertz CT molecular complexity index is 680. The van der Waals surface area contributed by atoms with E-state index in [9.17, 15) is 18.0 Å². The molecule has 1 saturated heterocycles. The molecule has 0 amide bonds. The number of alkyl halides is 3. The number of ether oxygens (including phenoxy) is 1. The quantitative estimate of drug-likeness (QED) is 0.845. The molecule has 1 aliphatic carbocycles. The fraction of sp³-hybridized carbons (Fsp3) is 0.750. The highest BCUT2D eigenvalue weighted by molar-refractivity contribution is 5.22. The molecule has 1 aromatic heterocycles. The molecule has 134 valence electrons. The molecule has 2 aliphatic rings. The van der Waals surface area contributed by atoms with E-state index in [1.54, 1.807) is 0 Å². The third-order valence-corrected chi connectivity index (χ3v) is 4.27. The highest BCUT2D eigenvalue weighted by atomic mass is 19.4. The molecule has 24 heavy (non-hydrogen) atoms. The van der Waals surface area contributed by atoms with E-state index in [1.165, 1.54) is 0 Å². The van der Waals surface area contributed by atoms with Gasteiger partial charge < -0.3 is 4.74 Å². The van der Waals surface area contributed by atoms with E-state index < -0.39 is 22.9 Å². The molecule has 0 N–H and O–H groups in total. The predicted molar refractivity (Wildman–Crippen MR) is 81.7 cm³/mol. The lowest BCUT2D eigenvalue weighted by Crippen LogP contribution is -2.53. The van der Waals surface area contributed by atoms with Gasteiger partial charge >= 0.3 is 6.18 Å². The van der Waals surface area contributed by atoms with Crippen LogP contribution in [0.15, 0.2) is 10.9 Å². The zero-order valence-corrected chi connectivity index (χ0v) is 14.1. The van der Waals surface area contributed by atoms with Crippen molar-refractivity contribution in [1.82, 2.24) is 14.7 Å². The fourth-order valence-electron chi connectivity index (χ4n) is 3.32. The molecule has 5 nitrogen and oxygen atoms in total. The number of hydrogen-bond donors (Lipinski definition) is 0. The smallest absolute Gasteiger partial charge is 0.370 e. The number of morpholine rings is 1. The van der Waals surface area contributed by atoms with Gasteiger partial charge in [-0.25, -0.2) is 4.68 Å². The molecular formula is C16H22F3N3O2. The molecule has 1 unspecified atom stereocenters. The highest BCUT2D eigenvalue weighted by Gasteiger charge is 2.38. The van der Waals surface area contributed by atoms with Gasteiger partial charge in [0.2, 0.25) is 0 Å². The van der Waals surface area contributed by atoms with Gasteiger partial charge in [0.1, 0.15) is 5.56 Å². The first-order chi connectivity index (χ1) is 11.0. The van der Waals surface area contributed by atoms with Crippen molar-refractivity contribution in [2.24, 2.45) is 0 Å². The summed E-state index contributed by atoms with van der Waals surface area (Å²) >= 11 is 0. The average Bonchev–Trinajstić information content (AvgIpc) is 3.21. The normalized spacial score (nSPS) is 25.0. The fourth-order valence-corrected chi connectivity index (χ4v) is 3.32. The van der Waals surface area contributed by atoms with E-state index in [4.69, 9.17) is 4.74 Å². The van der Waals surface area contributed by atoms with E-state index in [-0.39, 0.29) is 18.7 Å². The topological polar surface area (TPSA) is 47.4 Å². The van der Waals surface area contributed by atoms with E-state index in [0.717, 1.165) is 23.6 Å². The third-order valence-electron chi connectivity index (χ3n) is 4.27. The summed E-state index contributed by atoms with van der Waals surface area (Å²) in [7, 11) is 0. The van der Waals surface area contributed by atoms with Crippen molar-refractivity contribution in [3.8, 4) is 0 Å². The van der Waals surface area contributed by atoms with E-state index >= 15 is 0 Å². The maximum absolute atomic E-state index is 13.2. The molecule has 0 bridgehead atoms. The van der Waals surface area contributed by atoms with Crippen LogP contribution in [-0.4, -0.2) is 39.5 Å². The standard InChI is InChI=1S/C16H22F3N3O2/c1-10-7-21(8-15(2,3)24-10)9-22-14(23)12(16(17,18)19)6-13(20-22)11-4-5-11/h6,10-11H,4-5,7-9H2,1-3H3. The van der Waals surface area contributed by atoms with Crippen LogP contribution in [0.4, 0.5) is 13.2 Å². The van der Waals surface area contributed by atoms with Crippen LogP contribution >= 0.6 is 0 Å². The maximum Gasteiger partial charge on any atom is 0.421 e. The van der Waals surface area contributed by atoms with Crippen LogP contribution in [0.5, 0.6) is 0 Å². The molecule has 1 aliphatic heterocycles. The van der Waals surface area contributed by atoms with E-state index in [0.29, 0.717) is 18.8 Å². The first kappa shape index (κ1) is 17.4. The van der Waals surface area contributed by atoms with Gasteiger partial charge in [0.25, 0.3) is 5.56 Å². The highest BCUT2D eigenvalue weighted by Crippen LogP contribution is 2.40. The van der Waals surface area contributed by atoms with Crippen molar-refractivity contribution in [3.63, 3.8) is 0 Å². The van der Waals surface area contributed by atoms with E-state index in [1.807, 2.05) is 25.7 Å². The SMILES string of the molecule is CC1CN(Cn2nc(C3CC3)cc(C(F)(F)F)c2=O)CC(C)(C)O1. The van der Waals surface area contributed by atoms with Crippen molar-refractivity contribution in [3.05, 3.63) is 27.7 Å². The molecule has 2 fully saturated rings. The van der Waals surface area contributed by atoms with Gasteiger partial charge in [-0.2, -0.15) is 18.3 Å². The Labute approximate surface area is 138 Å². The number of nitrogens with zero attached hydrogens (tertiary/aromatic N) is 3. The molecule has 0 spiro atoms. The lowest BCUT2D eigenvalue weighted by Gasteiger charge is -2.41. The average molecular weight is 345 g/mol. The van der Waals surface area contributed by atoms with Gasteiger partial charge in [-0.15, -0.1) is 0 Å². The molecule has 0 radical (unpaired) electrons. The summed E-state index contributed by atoms with van der Waals surface area (Å²) in [5.41, 5.74) is -2.26. The Morgan fingerprint density at radius 1 is 1.38 bits per heavy atom. The van der Waals surface area contributed by atoms with Crippen LogP contribution in [-0.2, 0) is 17.6 Å². The van der Waals surface area contributed by atoms with Crippen molar-refractivity contribution in [2.45, 2.75) is 64.1 Å². The van der Waals surface area contributed by atoms with Crippen LogP contribution < -0.4 is 5.56 Å². The Morgan fingerprint density at radius 2 is 2.04 bits per heavy atom. The number of halogens is 3. The molecule has 3 rings (SSSR count). The summed E-state index contributed by atoms with van der Waals surface area (Å²) in [4.78, 5) is 14.2. The largest absolute Gasteiger partial charge is 0.421 e. The monoisotopic (exact) mass is 345 g/mol. The first-order valence-corrected chi connectivity index (χ1v) is 8.14. The van der Waals surface area contributed by atoms with Gasteiger partial charge in [0.05, 0.1) is 24.1 Å². The summed E-state index contributed by atoms with van der Waals surface area (Å²) in [5, 5.41) is 4.20. The number of hydrogen-bond acceptors (Lipinski definition) is 4. The van der Waals surface area contributed by atoms with Crippen LogP contribution in [0.3, 0.4) is 0 Å². The summed E-state index contributed by atoms with van der Waals surface area (Å²) in [6, 6.07) is 0.919. The van der Waals surface area contributed by atoms with Crippen molar-refractivity contribution in [2.75, 3.05) is 13.1 Å². The Hall–Kier alpha value is -1.41.